The fraction of sp³-hybridized carbons (Fsp3) is 0.714. The first-order chi connectivity index (χ1) is 9.02. The lowest BCUT2D eigenvalue weighted by atomic mass is 10.1. The zero-order valence-corrected chi connectivity index (χ0v) is 14.4. The summed E-state index contributed by atoms with van der Waals surface area (Å²) in [6.45, 7) is 11.9. The molecule has 0 aliphatic carbocycles. The third-order valence-corrected chi connectivity index (χ3v) is 6.19. The monoisotopic (exact) mass is 345 g/mol. The van der Waals surface area contributed by atoms with Crippen molar-refractivity contribution < 1.29 is 0 Å². The van der Waals surface area contributed by atoms with Gasteiger partial charge in [0, 0.05) is 53.0 Å². The van der Waals surface area contributed by atoms with Gasteiger partial charge in [0.25, 0.3) is 0 Å². The van der Waals surface area contributed by atoms with Gasteiger partial charge in [0.1, 0.15) is 0 Å². The smallest absolute Gasteiger partial charge is 0.0565 e. The first kappa shape index (κ1) is 15.4. The second-order valence-corrected chi connectivity index (χ2v) is 7.61. The van der Waals surface area contributed by atoms with Crippen LogP contribution in [0.5, 0.6) is 0 Å². The Kier molecular flexibility index (Phi) is 5.43. The van der Waals surface area contributed by atoms with Crippen LogP contribution >= 0.6 is 27.3 Å². The van der Waals surface area contributed by atoms with Crippen LogP contribution in [0.25, 0.3) is 0 Å². The minimum Gasteiger partial charge on any atom is -0.329 e. The maximum Gasteiger partial charge on any atom is 0.0565 e. The van der Waals surface area contributed by atoms with Crippen LogP contribution in [-0.2, 0) is 0 Å². The van der Waals surface area contributed by atoms with E-state index in [-0.39, 0.29) is 0 Å². The van der Waals surface area contributed by atoms with Crippen LogP contribution in [0.15, 0.2) is 10.5 Å². The number of aryl methyl sites for hydroxylation is 1. The highest BCUT2D eigenvalue weighted by atomic mass is 79.9. The van der Waals surface area contributed by atoms with Crippen molar-refractivity contribution in [2.24, 2.45) is 5.73 Å². The van der Waals surface area contributed by atoms with Crippen molar-refractivity contribution in [3.8, 4) is 0 Å². The van der Waals surface area contributed by atoms with E-state index < -0.39 is 0 Å². The summed E-state index contributed by atoms with van der Waals surface area (Å²) in [5.74, 6) is 0. The van der Waals surface area contributed by atoms with E-state index >= 15 is 0 Å². The second-order valence-electron chi connectivity index (χ2n) is 5.47. The topological polar surface area (TPSA) is 32.5 Å². The summed E-state index contributed by atoms with van der Waals surface area (Å²) in [5.41, 5.74) is 6.03. The zero-order chi connectivity index (χ0) is 14.0. The Bertz CT molecular complexity index is 391. The molecule has 2 rings (SSSR count). The van der Waals surface area contributed by atoms with Crippen molar-refractivity contribution in [2.45, 2.75) is 32.9 Å². The molecule has 3 nitrogen and oxygen atoms in total. The van der Waals surface area contributed by atoms with E-state index in [2.05, 4.69) is 52.6 Å². The second kappa shape index (κ2) is 6.68. The van der Waals surface area contributed by atoms with Crippen molar-refractivity contribution in [3.05, 3.63) is 20.3 Å². The normalized spacial score (nSPS) is 20.1. The summed E-state index contributed by atoms with van der Waals surface area (Å²) in [6, 6.07) is 3.27. The van der Waals surface area contributed by atoms with Gasteiger partial charge in [-0.15, -0.1) is 11.3 Å². The van der Waals surface area contributed by atoms with Crippen molar-refractivity contribution in [1.29, 1.82) is 0 Å². The van der Waals surface area contributed by atoms with Crippen molar-refractivity contribution in [3.63, 3.8) is 0 Å². The summed E-state index contributed by atoms with van der Waals surface area (Å²) < 4.78 is 1.21. The number of hydrogen-bond acceptors (Lipinski definition) is 4. The third-order valence-electron chi connectivity index (χ3n) is 3.95. The summed E-state index contributed by atoms with van der Waals surface area (Å²) in [7, 11) is 0. The van der Waals surface area contributed by atoms with E-state index in [1.54, 1.807) is 0 Å². The van der Waals surface area contributed by atoms with Crippen LogP contribution in [0.1, 0.15) is 29.6 Å². The molecule has 108 valence electrons. The lowest BCUT2D eigenvalue weighted by Gasteiger charge is -2.40. The largest absolute Gasteiger partial charge is 0.329 e. The molecule has 0 spiro atoms. The van der Waals surface area contributed by atoms with Gasteiger partial charge in [0.05, 0.1) is 6.04 Å². The molecule has 1 aromatic heterocycles. The summed E-state index contributed by atoms with van der Waals surface area (Å²) in [6.07, 6.45) is 0. The lowest BCUT2D eigenvalue weighted by molar-refractivity contribution is 0.0813. The molecule has 19 heavy (non-hydrogen) atoms. The van der Waals surface area contributed by atoms with Crippen LogP contribution in [0.2, 0.25) is 0 Å². The highest BCUT2D eigenvalue weighted by molar-refractivity contribution is 9.10. The SMILES string of the molecule is Cc1sc(C(CN)N2CCN(C(C)C)CC2)cc1Br. The summed E-state index contributed by atoms with van der Waals surface area (Å²) in [4.78, 5) is 7.81. The first-order valence-electron chi connectivity index (χ1n) is 6.97. The fourth-order valence-corrected chi connectivity index (χ4v) is 4.37. The molecule has 1 atom stereocenters. The van der Waals surface area contributed by atoms with Crippen LogP contribution in [0.3, 0.4) is 0 Å². The number of nitrogens with zero attached hydrogens (tertiary/aromatic N) is 2. The Labute approximate surface area is 128 Å². The average Bonchev–Trinajstić information content (AvgIpc) is 2.71. The minimum absolute atomic E-state index is 0.379. The number of nitrogens with two attached hydrogens (primary N) is 1. The fourth-order valence-electron chi connectivity index (χ4n) is 2.66. The Morgan fingerprint density at radius 2 is 1.84 bits per heavy atom. The zero-order valence-electron chi connectivity index (χ0n) is 12.0. The van der Waals surface area contributed by atoms with Gasteiger partial charge in [-0.1, -0.05) is 0 Å². The molecule has 5 heteroatoms. The maximum atomic E-state index is 6.03. The van der Waals surface area contributed by atoms with Gasteiger partial charge in [-0.05, 0) is 42.8 Å². The van der Waals surface area contributed by atoms with Crippen LogP contribution in [0, 0.1) is 6.92 Å². The van der Waals surface area contributed by atoms with Crippen LogP contribution in [-0.4, -0.2) is 48.6 Å². The van der Waals surface area contributed by atoms with Gasteiger partial charge in [0.2, 0.25) is 0 Å². The summed E-state index contributed by atoms with van der Waals surface area (Å²) in [5, 5.41) is 0. The third kappa shape index (κ3) is 3.58. The molecular weight excluding hydrogens is 322 g/mol. The van der Waals surface area contributed by atoms with Gasteiger partial charge in [0.15, 0.2) is 0 Å². The number of hydrogen-bond donors (Lipinski definition) is 1. The standard InChI is InChI=1S/C14H24BrN3S/c1-10(2)17-4-6-18(7-5-17)13(9-16)14-8-12(15)11(3)19-14/h8,10,13H,4-7,9,16H2,1-3H3. The molecule has 0 saturated carbocycles. The average molecular weight is 346 g/mol. The van der Waals surface area contributed by atoms with Crippen molar-refractivity contribution >= 4 is 27.3 Å². The number of thiophene rings is 1. The molecule has 1 aliphatic heterocycles. The lowest BCUT2D eigenvalue weighted by Crippen LogP contribution is -2.50. The van der Waals surface area contributed by atoms with Crippen LogP contribution < -0.4 is 5.73 Å². The van der Waals surface area contributed by atoms with E-state index in [4.69, 9.17) is 5.73 Å². The number of rotatable bonds is 4. The first-order valence-corrected chi connectivity index (χ1v) is 8.58. The van der Waals surface area contributed by atoms with Gasteiger partial charge in [-0.2, -0.15) is 0 Å². The van der Waals surface area contributed by atoms with Gasteiger partial charge in [-0.25, -0.2) is 0 Å². The molecule has 0 amide bonds. The number of piperazine rings is 1. The molecule has 2 N–H and O–H groups in total. The summed E-state index contributed by atoms with van der Waals surface area (Å²) >= 11 is 5.47. The predicted octanol–water partition coefficient (Wildman–Crippen LogP) is 2.84. The van der Waals surface area contributed by atoms with E-state index in [0.29, 0.717) is 18.6 Å². The van der Waals surface area contributed by atoms with Crippen LogP contribution in [0.4, 0.5) is 0 Å². The van der Waals surface area contributed by atoms with E-state index in [9.17, 15) is 0 Å². The van der Waals surface area contributed by atoms with Gasteiger partial charge < -0.3 is 5.73 Å². The molecule has 1 unspecified atom stereocenters. The Balaban J connectivity index is 2.03. The Hall–Kier alpha value is 0.0600. The highest BCUT2D eigenvalue weighted by Crippen LogP contribution is 2.33. The molecule has 0 aromatic carbocycles. The molecule has 1 saturated heterocycles. The van der Waals surface area contributed by atoms with Crippen molar-refractivity contribution in [1.82, 2.24) is 9.80 Å². The number of halogens is 1. The molecule has 0 radical (unpaired) electrons. The van der Waals surface area contributed by atoms with E-state index in [1.807, 2.05) is 11.3 Å². The quantitative estimate of drug-likeness (QED) is 0.910. The van der Waals surface area contributed by atoms with Crippen molar-refractivity contribution in [2.75, 3.05) is 32.7 Å². The minimum atomic E-state index is 0.379. The Morgan fingerprint density at radius 1 is 1.26 bits per heavy atom. The van der Waals surface area contributed by atoms with Gasteiger partial charge >= 0.3 is 0 Å². The maximum absolute atomic E-state index is 6.03. The molecule has 1 fully saturated rings. The molecular formula is C14H24BrN3S. The molecule has 1 aliphatic rings. The molecule has 2 heterocycles. The Morgan fingerprint density at radius 3 is 2.26 bits per heavy atom. The predicted molar refractivity (Wildman–Crippen MR) is 86.8 cm³/mol. The molecule has 1 aromatic rings. The van der Waals surface area contributed by atoms with E-state index in [1.165, 1.54) is 14.2 Å². The van der Waals surface area contributed by atoms with Gasteiger partial charge in [-0.3, -0.25) is 9.80 Å². The highest BCUT2D eigenvalue weighted by Gasteiger charge is 2.26. The molecule has 0 bridgehead atoms. The van der Waals surface area contributed by atoms with E-state index in [0.717, 1.165) is 26.2 Å².